The lowest BCUT2D eigenvalue weighted by Crippen LogP contribution is -2.13. The van der Waals surface area contributed by atoms with E-state index in [1.807, 2.05) is 0 Å². The molecule has 21 heavy (non-hydrogen) atoms. The van der Waals surface area contributed by atoms with Crippen LogP contribution in [0.15, 0.2) is 35.8 Å². The number of alkyl halides is 1. The van der Waals surface area contributed by atoms with Crippen LogP contribution in [0.1, 0.15) is 23.2 Å². The van der Waals surface area contributed by atoms with Crippen LogP contribution in [-0.2, 0) is 4.79 Å². The maximum Gasteiger partial charge on any atom is 0.257 e. The van der Waals surface area contributed by atoms with Gasteiger partial charge in [0.2, 0.25) is 5.91 Å². The number of anilines is 2. The molecule has 0 aliphatic rings. The standard InChI is InChI=1S/C14H14ClN3O2S/c15-7-1-2-12(19)17-11-5-3-10(4-6-11)13(20)18-14-16-8-9-21-14/h3-6,8-9H,1-2,7H2,(H,17,19)(H,16,18,20). The number of halogens is 1. The second-order valence-corrected chi connectivity index (χ2v) is 5.48. The first-order chi connectivity index (χ1) is 10.2. The third-order valence-electron chi connectivity index (χ3n) is 2.62. The van der Waals surface area contributed by atoms with E-state index in [-0.39, 0.29) is 11.8 Å². The maximum atomic E-state index is 11.9. The number of nitrogens with one attached hydrogen (secondary N) is 2. The molecule has 0 unspecified atom stereocenters. The maximum absolute atomic E-state index is 11.9. The first-order valence-corrected chi connectivity index (χ1v) is 7.77. The van der Waals surface area contributed by atoms with Crippen molar-refractivity contribution in [3.8, 4) is 0 Å². The molecule has 0 spiro atoms. The minimum Gasteiger partial charge on any atom is -0.326 e. The van der Waals surface area contributed by atoms with Gasteiger partial charge in [-0.15, -0.1) is 22.9 Å². The summed E-state index contributed by atoms with van der Waals surface area (Å²) in [6.07, 6.45) is 2.65. The van der Waals surface area contributed by atoms with E-state index in [2.05, 4.69) is 15.6 Å². The molecule has 2 aromatic rings. The van der Waals surface area contributed by atoms with Gasteiger partial charge < -0.3 is 5.32 Å². The number of hydrogen-bond acceptors (Lipinski definition) is 4. The second-order valence-electron chi connectivity index (χ2n) is 4.21. The normalized spacial score (nSPS) is 10.1. The molecular weight excluding hydrogens is 310 g/mol. The van der Waals surface area contributed by atoms with E-state index in [0.717, 1.165) is 0 Å². The molecule has 1 heterocycles. The van der Waals surface area contributed by atoms with Crippen LogP contribution >= 0.6 is 22.9 Å². The lowest BCUT2D eigenvalue weighted by molar-refractivity contribution is -0.116. The molecule has 5 nitrogen and oxygen atoms in total. The zero-order valence-corrected chi connectivity index (χ0v) is 12.7. The van der Waals surface area contributed by atoms with Crippen LogP contribution in [-0.4, -0.2) is 22.7 Å². The molecule has 0 saturated carbocycles. The van der Waals surface area contributed by atoms with Gasteiger partial charge >= 0.3 is 0 Å². The number of rotatable bonds is 6. The monoisotopic (exact) mass is 323 g/mol. The van der Waals surface area contributed by atoms with E-state index in [1.165, 1.54) is 11.3 Å². The number of carbonyl (C=O) groups is 2. The predicted octanol–water partition coefficient (Wildman–Crippen LogP) is 3.35. The second kappa shape index (κ2) is 7.75. The summed E-state index contributed by atoms with van der Waals surface area (Å²) >= 11 is 6.89. The molecule has 0 radical (unpaired) electrons. The average molecular weight is 324 g/mol. The third-order valence-corrected chi connectivity index (χ3v) is 3.58. The average Bonchev–Trinajstić information content (AvgIpc) is 2.98. The molecule has 1 aromatic heterocycles. The molecule has 0 saturated heterocycles. The Morgan fingerprint density at radius 2 is 1.95 bits per heavy atom. The Morgan fingerprint density at radius 3 is 2.57 bits per heavy atom. The Bertz CT molecular complexity index is 599. The van der Waals surface area contributed by atoms with E-state index in [0.29, 0.717) is 35.1 Å². The van der Waals surface area contributed by atoms with Crippen molar-refractivity contribution in [1.29, 1.82) is 0 Å². The van der Waals surface area contributed by atoms with Crippen LogP contribution in [0.5, 0.6) is 0 Å². The van der Waals surface area contributed by atoms with Gasteiger partial charge in [0, 0.05) is 35.1 Å². The Labute approximate surface area is 131 Å². The smallest absolute Gasteiger partial charge is 0.257 e. The number of thiazole rings is 1. The van der Waals surface area contributed by atoms with E-state index < -0.39 is 0 Å². The molecule has 2 rings (SSSR count). The Balaban J connectivity index is 1.92. The Hall–Kier alpha value is -1.92. The van der Waals surface area contributed by atoms with Gasteiger partial charge in [0.25, 0.3) is 5.91 Å². The summed E-state index contributed by atoms with van der Waals surface area (Å²) in [6.45, 7) is 0. The van der Waals surface area contributed by atoms with Crippen LogP contribution in [0, 0.1) is 0 Å². The van der Waals surface area contributed by atoms with E-state index in [4.69, 9.17) is 11.6 Å². The molecule has 1 aromatic carbocycles. The lowest BCUT2D eigenvalue weighted by Gasteiger charge is -2.06. The van der Waals surface area contributed by atoms with Crippen LogP contribution in [0.4, 0.5) is 10.8 Å². The molecule has 2 N–H and O–H groups in total. The molecule has 0 aliphatic carbocycles. The van der Waals surface area contributed by atoms with E-state index >= 15 is 0 Å². The molecule has 110 valence electrons. The highest BCUT2D eigenvalue weighted by Crippen LogP contribution is 2.14. The first-order valence-electron chi connectivity index (χ1n) is 6.36. The van der Waals surface area contributed by atoms with Crippen LogP contribution < -0.4 is 10.6 Å². The quantitative estimate of drug-likeness (QED) is 0.801. The van der Waals surface area contributed by atoms with Crippen molar-refractivity contribution in [2.45, 2.75) is 12.8 Å². The van der Waals surface area contributed by atoms with Gasteiger partial charge in [-0.05, 0) is 30.7 Å². The highest BCUT2D eigenvalue weighted by atomic mass is 35.5. The Morgan fingerprint density at radius 1 is 1.19 bits per heavy atom. The fourth-order valence-electron chi connectivity index (χ4n) is 1.61. The van der Waals surface area contributed by atoms with Gasteiger partial charge in [0.1, 0.15) is 0 Å². The number of carbonyl (C=O) groups excluding carboxylic acids is 2. The van der Waals surface area contributed by atoms with Crippen molar-refractivity contribution in [3.05, 3.63) is 41.4 Å². The lowest BCUT2D eigenvalue weighted by atomic mass is 10.2. The van der Waals surface area contributed by atoms with Crippen molar-refractivity contribution >= 4 is 45.6 Å². The summed E-state index contributed by atoms with van der Waals surface area (Å²) in [4.78, 5) is 27.5. The van der Waals surface area contributed by atoms with Crippen molar-refractivity contribution in [2.75, 3.05) is 16.5 Å². The fraction of sp³-hybridized carbons (Fsp3) is 0.214. The van der Waals surface area contributed by atoms with Crippen molar-refractivity contribution in [1.82, 2.24) is 4.98 Å². The van der Waals surface area contributed by atoms with Crippen LogP contribution in [0.3, 0.4) is 0 Å². The van der Waals surface area contributed by atoms with Crippen LogP contribution in [0.25, 0.3) is 0 Å². The van der Waals surface area contributed by atoms with Crippen molar-refractivity contribution in [2.24, 2.45) is 0 Å². The third kappa shape index (κ3) is 4.84. The van der Waals surface area contributed by atoms with E-state index in [1.54, 1.807) is 35.8 Å². The minimum atomic E-state index is -0.232. The zero-order valence-electron chi connectivity index (χ0n) is 11.1. The summed E-state index contributed by atoms with van der Waals surface area (Å²) in [6, 6.07) is 6.69. The van der Waals surface area contributed by atoms with Gasteiger partial charge in [-0.2, -0.15) is 0 Å². The summed E-state index contributed by atoms with van der Waals surface area (Å²) in [5.41, 5.74) is 1.16. The van der Waals surface area contributed by atoms with Gasteiger partial charge in [-0.25, -0.2) is 4.98 Å². The highest BCUT2D eigenvalue weighted by molar-refractivity contribution is 7.13. The molecule has 0 atom stereocenters. The zero-order chi connectivity index (χ0) is 15.1. The van der Waals surface area contributed by atoms with E-state index in [9.17, 15) is 9.59 Å². The van der Waals surface area contributed by atoms with Crippen LogP contribution in [0.2, 0.25) is 0 Å². The molecule has 0 fully saturated rings. The summed E-state index contributed by atoms with van der Waals surface area (Å²) in [7, 11) is 0. The number of amides is 2. The van der Waals surface area contributed by atoms with Gasteiger partial charge in [0.15, 0.2) is 5.13 Å². The van der Waals surface area contributed by atoms with Gasteiger partial charge in [-0.1, -0.05) is 0 Å². The largest absolute Gasteiger partial charge is 0.326 e. The van der Waals surface area contributed by atoms with Gasteiger partial charge in [-0.3, -0.25) is 14.9 Å². The summed E-state index contributed by atoms with van der Waals surface area (Å²) in [5.74, 6) is 0.143. The van der Waals surface area contributed by atoms with Crippen molar-refractivity contribution < 1.29 is 9.59 Å². The first kappa shape index (κ1) is 15.5. The number of nitrogens with zero attached hydrogens (tertiary/aromatic N) is 1. The van der Waals surface area contributed by atoms with Crippen molar-refractivity contribution in [3.63, 3.8) is 0 Å². The van der Waals surface area contributed by atoms with Gasteiger partial charge in [0.05, 0.1) is 0 Å². The molecular formula is C14H14ClN3O2S. The number of hydrogen-bond donors (Lipinski definition) is 2. The number of aromatic nitrogens is 1. The number of benzene rings is 1. The topological polar surface area (TPSA) is 71.1 Å². The Kier molecular flexibility index (Phi) is 5.71. The fourth-order valence-corrected chi connectivity index (χ4v) is 2.27. The molecule has 2 amide bonds. The molecule has 0 bridgehead atoms. The minimum absolute atomic E-state index is 0.0874. The molecule has 0 aliphatic heterocycles. The predicted molar refractivity (Wildman–Crippen MR) is 85.1 cm³/mol. The summed E-state index contributed by atoms with van der Waals surface area (Å²) < 4.78 is 0. The SMILES string of the molecule is O=C(CCCCl)Nc1ccc(C(=O)Nc2nccs2)cc1. The summed E-state index contributed by atoms with van der Waals surface area (Å²) in [5, 5.41) is 7.78. The highest BCUT2D eigenvalue weighted by Gasteiger charge is 2.08. The molecule has 7 heteroatoms.